The predicted molar refractivity (Wildman–Crippen MR) is 75.5 cm³/mol. The van der Waals surface area contributed by atoms with Gasteiger partial charge in [0.25, 0.3) is 0 Å². The Morgan fingerprint density at radius 1 is 1.05 bits per heavy atom. The van der Waals surface area contributed by atoms with E-state index in [1.165, 1.54) is 12.1 Å². The zero-order valence-corrected chi connectivity index (χ0v) is 11.5. The average molecular weight is 259 g/mol. The summed E-state index contributed by atoms with van der Waals surface area (Å²) in [6.07, 6.45) is 0. The van der Waals surface area contributed by atoms with Crippen molar-refractivity contribution in [2.45, 2.75) is 13.8 Å². The number of nitrogens with zero attached hydrogens (tertiary/aromatic N) is 3. The number of hydrogen-bond donors (Lipinski definition) is 0. The molecule has 0 fully saturated rings. The van der Waals surface area contributed by atoms with Crippen LogP contribution in [0.25, 0.3) is 11.3 Å². The van der Waals surface area contributed by atoms with Crippen molar-refractivity contribution in [1.82, 2.24) is 10.2 Å². The zero-order chi connectivity index (χ0) is 13.8. The van der Waals surface area contributed by atoms with E-state index in [0.29, 0.717) is 5.92 Å². The Bertz CT molecular complexity index is 520. The van der Waals surface area contributed by atoms with E-state index >= 15 is 0 Å². The standard InChI is InChI=1S/C15H18FN3/c1-11(2)10-19(3)15-9-8-14(17-18-15)12-4-6-13(16)7-5-12/h4-9,11H,10H2,1-3H3. The van der Waals surface area contributed by atoms with E-state index in [4.69, 9.17) is 0 Å². The van der Waals surface area contributed by atoms with Crippen LogP contribution in [-0.4, -0.2) is 23.8 Å². The third-order valence-electron chi connectivity index (χ3n) is 2.82. The molecule has 0 aliphatic heterocycles. The summed E-state index contributed by atoms with van der Waals surface area (Å²) in [4.78, 5) is 2.08. The van der Waals surface area contributed by atoms with Gasteiger partial charge in [0.05, 0.1) is 5.69 Å². The highest BCUT2D eigenvalue weighted by Gasteiger charge is 2.06. The van der Waals surface area contributed by atoms with Gasteiger partial charge in [-0.25, -0.2) is 4.39 Å². The van der Waals surface area contributed by atoms with Gasteiger partial charge in [0.15, 0.2) is 5.82 Å². The van der Waals surface area contributed by atoms with Crippen LogP contribution < -0.4 is 4.90 Å². The number of anilines is 1. The Balaban J connectivity index is 2.16. The lowest BCUT2D eigenvalue weighted by molar-refractivity contribution is 0.628. The van der Waals surface area contributed by atoms with Crippen LogP contribution in [0.4, 0.5) is 10.2 Å². The molecule has 0 bridgehead atoms. The van der Waals surface area contributed by atoms with Crippen LogP contribution in [0.2, 0.25) is 0 Å². The van der Waals surface area contributed by atoms with Gasteiger partial charge >= 0.3 is 0 Å². The molecule has 1 aromatic carbocycles. The summed E-state index contributed by atoms with van der Waals surface area (Å²) in [6, 6.07) is 10.1. The molecule has 0 saturated carbocycles. The second-order valence-corrected chi connectivity index (χ2v) is 5.06. The van der Waals surface area contributed by atoms with Crippen molar-refractivity contribution in [3.05, 3.63) is 42.2 Å². The van der Waals surface area contributed by atoms with E-state index in [0.717, 1.165) is 23.6 Å². The first-order valence-corrected chi connectivity index (χ1v) is 6.37. The van der Waals surface area contributed by atoms with Crippen LogP contribution in [0, 0.1) is 11.7 Å². The van der Waals surface area contributed by atoms with Gasteiger partial charge in [0.1, 0.15) is 5.82 Å². The zero-order valence-electron chi connectivity index (χ0n) is 11.5. The van der Waals surface area contributed by atoms with Gasteiger partial charge in [-0.05, 0) is 42.3 Å². The molecule has 2 rings (SSSR count). The maximum atomic E-state index is 12.9. The van der Waals surface area contributed by atoms with Gasteiger partial charge in [0.2, 0.25) is 0 Å². The molecule has 0 N–H and O–H groups in total. The summed E-state index contributed by atoms with van der Waals surface area (Å²) in [5.74, 6) is 1.17. The minimum atomic E-state index is -0.245. The van der Waals surface area contributed by atoms with E-state index in [1.807, 2.05) is 19.2 Å². The third kappa shape index (κ3) is 3.50. The third-order valence-corrected chi connectivity index (χ3v) is 2.82. The molecule has 0 saturated heterocycles. The van der Waals surface area contributed by atoms with Crippen molar-refractivity contribution in [3.63, 3.8) is 0 Å². The summed E-state index contributed by atoms with van der Waals surface area (Å²) >= 11 is 0. The van der Waals surface area contributed by atoms with Gasteiger partial charge in [0, 0.05) is 19.2 Å². The first-order chi connectivity index (χ1) is 9.06. The fourth-order valence-corrected chi connectivity index (χ4v) is 1.94. The molecule has 3 nitrogen and oxygen atoms in total. The van der Waals surface area contributed by atoms with Gasteiger partial charge in [-0.1, -0.05) is 13.8 Å². The molecule has 2 aromatic rings. The van der Waals surface area contributed by atoms with Crippen LogP contribution in [0.15, 0.2) is 36.4 Å². The number of rotatable bonds is 4. The highest BCUT2D eigenvalue weighted by Crippen LogP contribution is 2.18. The lowest BCUT2D eigenvalue weighted by atomic mass is 10.1. The van der Waals surface area contributed by atoms with Crippen molar-refractivity contribution in [2.24, 2.45) is 5.92 Å². The summed E-state index contributed by atoms with van der Waals surface area (Å²) in [5.41, 5.74) is 1.62. The quantitative estimate of drug-likeness (QED) is 0.843. The Kier molecular flexibility index (Phi) is 4.10. The number of benzene rings is 1. The minimum absolute atomic E-state index is 0.245. The van der Waals surface area contributed by atoms with E-state index in [9.17, 15) is 4.39 Å². The Labute approximate surface area is 113 Å². The Morgan fingerprint density at radius 2 is 1.74 bits per heavy atom. The maximum absolute atomic E-state index is 12.9. The van der Waals surface area contributed by atoms with Crippen molar-refractivity contribution < 1.29 is 4.39 Å². The Morgan fingerprint density at radius 3 is 2.26 bits per heavy atom. The molecule has 0 amide bonds. The summed E-state index contributed by atoms with van der Waals surface area (Å²) in [6.45, 7) is 5.26. The summed E-state index contributed by atoms with van der Waals surface area (Å²) in [7, 11) is 2.00. The van der Waals surface area contributed by atoms with Crippen LogP contribution in [0.1, 0.15) is 13.8 Å². The smallest absolute Gasteiger partial charge is 0.151 e. The summed E-state index contributed by atoms with van der Waals surface area (Å²) < 4.78 is 12.9. The first kappa shape index (κ1) is 13.5. The molecular weight excluding hydrogens is 241 g/mol. The van der Waals surface area contributed by atoms with Gasteiger partial charge in [-0.15, -0.1) is 10.2 Å². The van der Waals surface area contributed by atoms with Gasteiger partial charge in [-0.3, -0.25) is 0 Å². The number of aromatic nitrogens is 2. The van der Waals surface area contributed by atoms with E-state index in [2.05, 4.69) is 28.9 Å². The largest absolute Gasteiger partial charge is 0.358 e. The van der Waals surface area contributed by atoms with Gasteiger partial charge in [-0.2, -0.15) is 0 Å². The van der Waals surface area contributed by atoms with Crippen molar-refractivity contribution >= 4 is 5.82 Å². The molecular formula is C15H18FN3. The van der Waals surface area contributed by atoms with Crippen LogP contribution in [0.3, 0.4) is 0 Å². The molecule has 0 aliphatic rings. The van der Waals surface area contributed by atoms with E-state index < -0.39 is 0 Å². The fourth-order valence-electron chi connectivity index (χ4n) is 1.94. The second-order valence-electron chi connectivity index (χ2n) is 5.06. The average Bonchev–Trinajstić information content (AvgIpc) is 2.39. The molecule has 1 aromatic heterocycles. The SMILES string of the molecule is CC(C)CN(C)c1ccc(-c2ccc(F)cc2)nn1. The lowest BCUT2D eigenvalue weighted by Crippen LogP contribution is -2.23. The van der Waals surface area contributed by atoms with Gasteiger partial charge < -0.3 is 4.90 Å². The van der Waals surface area contributed by atoms with Crippen LogP contribution >= 0.6 is 0 Å². The Hall–Kier alpha value is -1.97. The number of hydrogen-bond acceptors (Lipinski definition) is 3. The monoisotopic (exact) mass is 259 g/mol. The molecule has 1 heterocycles. The number of halogens is 1. The molecule has 4 heteroatoms. The highest BCUT2D eigenvalue weighted by atomic mass is 19.1. The van der Waals surface area contributed by atoms with Crippen LogP contribution in [-0.2, 0) is 0 Å². The molecule has 19 heavy (non-hydrogen) atoms. The van der Waals surface area contributed by atoms with Crippen LogP contribution in [0.5, 0.6) is 0 Å². The molecule has 100 valence electrons. The van der Waals surface area contributed by atoms with E-state index in [1.54, 1.807) is 12.1 Å². The van der Waals surface area contributed by atoms with Crippen molar-refractivity contribution in [2.75, 3.05) is 18.5 Å². The molecule has 0 aliphatic carbocycles. The summed E-state index contributed by atoms with van der Waals surface area (Å²) in [5, 5.41) is 8.41. The van der Waals surface area contributed by atoms with E-state index in [-0.39, 0.29) is 5.82 Å². The second kappa shape index (κ2) is 5.78. The lowest BCUT2D eigenvalue weighted by Gasteiger charge is -2.19. The van der Waals surface area contributed by atoms with Crippen molar-refractivity contribution in [1.29, 1.82) is 0 Å². The molecule has 0 radical (unpaired) electrons. The predicted octanol–water partition coefficient (Wildman–Crippen LogP) is 3.37. The first-order valence-electron chi connectivity index (χ1n) is 6.37. The molecule has 0 atom stereocenters. The maximum Gasteiger partial charge on any atom is 0.151 e. The highest BCUT2D eigenvalue weighted by molar-refractivity contribution is 5.59. The minimum Gasteiger partial charge on any atom is -0.358 e. The normalized spacial score (nSPS) is 10.8. The van der Waals surface area contributed by atoms with Crippen molar-refractivity contribution in [3.8, 4) is 11.3 Å². The fraction of sp³-hybridized carbons (Fsp3) is 0.333. The molecule has 0 unspecified atom stereocenters. The molecule has 0 spiro atoms. The topological polar surface area (TPSA) is 29.0 Å².